The van der Waals surface area contributed by atoms with Crippen LogP contribution >= 0.6 is 11.3 Å². The first kappa shape index (κ1) is 20.0. The number of aromatic nitrogens is 1. The molecule has 0 saturated heterocycles. The molecule has 1 N–H and O–H groups in total. The van der Waals surface area contributed by atoms with Gasteiger partial charge in [-0.05, 0) is 44.0 Å². The van der Waals surface area contributed by atoms with Crippen LogP contribution in [0.25, 0.3) is 0 Å². The van der Waals surface area contributed by atoms with Crippen LogP contribution in [0.3, 0.4) is 0 Å². The number of nitrogens with zero attached hydrogens (tertiary/aromatic N) is 3. The molecule has 6 nitrogen and oxygen atoms in total. The van der Waals surface area contributed by atoms with Crippen LogP contribution in [0.4, 0.5) is 0 Å². The van der Waals surface area contributed by atoms with Crippen molar-refractivity contribution in [3.05, 3.63) is 38.8 Å². The van der Waals surface area contributed by atoms with Gasteiger partial charge in [-0.3, -0.25) is 4.99 Å². The normalized spacial score (nSPS) is 11.4. The van der Waals surface area contributed by atoms with Gasteiger partial charge in [0, 0.05) is 25.5 Å². The van der Waals surface area contributed by atoms with Crippen molar-refractivity contribution in [2.24, 2.45) is 4.99 Å². The first-order valence-electron chi connectivity index (χ1n) is 8.45. The Kier molecular flexibility index (Phi) is 6.85. The van der Waals surface area contributed by atoms with E-state index in [1.165, 1.54) is 4.88 Å². The minimum Gasteiger partial charge on any atom is -0.493 e. The predicted molar refractivity (Wildman–Crippen MR) is 108 cm³/mol. The lowest BCUT2D eigenvalue weighted by Crippen LogP contribution is -2.38. The second-order valence-corrected chi connectivity index (χ2v) is 7.42. The number of benzene rings is 1. The van der Waals surface area contributed by atoms with E-state index in [2.05, 4.69) is 27.1 Å². The lowest BCUT2D eigenvalue weighted by molar-refractivity contribution is 0.353. The molecule has 142 valence electrons. The van der Waals surface area contributed by atoms with Gasteiger partial charge in [0.1, 0.15) is 0 Å². The molecule has 0 fully saturated rings. The SMILES string of the molecule is CN=C(NCc1sc(C)nc1C)N(C)Cc1cc(OC)c(OC)cc1C. The first-order chi connectivity index (χ1) is 12.4. The molecule has 2 aromatic rings. The van der Waals surface area contributed by atoms with Crippen LogP contribution in [0.15, 0.2) is 17.1 Å². The minimum atomic E-state index is 0.715. The Balaban J connectivity index is 2.09. The molecule has 0 aliphatic rings. The number of methoxy groups -OCH3 is 2. The summed E-state index contributed by atoms with van der Waals surface area (Å²) in [5.74, 6) is 2.32. The smallest absolute Gasteiger partial charge is 0.193 e. The Bertz CT molecular complexity index is 786. The summed E-state index contributed by atoms with van der Waals surface area (Å²) < 4.78 is 10.8. The van der Waals surface area contributed by atoms with E-state index in [1.807, 2.05) is 33.0 Å². The van der Waals surface area contributed by atoms with Crippen molar-refractivity contribution in [3.63, 3.8) is 0 Å². The number of aliphatic imine (C=N–C) groups is 1. The average molecular weight is 377 g/mol. The fourth-order valence-electron chi connectivity index (χ4n) is 2.81. The molecule has 7 heteroatoms. The number of ether oxygens (including phenoxy) is 2. The highest BCUT2D eigenvalue weighted by Gasteiger charge is 2.13. The van der Waals surface area contributed by atoms with Crippen LogP contribution in [0.2, 0.25) is 0 Å². The summed E-state index contributed by atoms with van der Waals surface area (Å²) in [5.41, 5.74) is 3.39. The molecule has 1 aromatic carbocycles. The van der Waals surface area contributed by atoms with Gasteiger partial charge in [0.05, 0.1) is 31.5 Å². The average Bonchev–Trinajstić information content (AvgIpc) is 2.94. The Hall–Kier alpha value is -2.28. The zero-order valence-electron chi connectivity index (χ0n) is 16.6. The Morgan fingerprint density at radius 2 is 1.85 bits per heavy atom. The van der Waals surface area contributed by atoms with Crippen LogP contribution in [0, 0.1) is 20.8 Å². The van der Waals surface area contributed by atoms with Crippen molar-refractivity contribution in [1.29, 1.82) is 0 Å². The largest absolute Gasteiger partial charge is 0.493 e. The highest BCUT2D eigenvalue weighted by Crippen LogP contribution is 2.30. The van der Waals surface area contributed by atoms with Crippen molar-refractivity contribution in [2.45, 2.75) is 33.9 Å². The summed E-state index contributed by atoms with van der Waals surface area (Å²) >= 11 is 1.72. The molecular formula is C19H28N4O2S. The zero-order valence-corrected chi connectivity index (χ0v) is 17.5. The number of hydrogen-bond donors (Lipinski definition) is 1. The lowest BCUT2D eigenvalue weighted by atomic mass is 10.1. The lowest BCUT2D eigenvalue weighted by Gasteiger charge is -2.23. The Morgan fingerprint density at radius 1 is 1.19 bits per heavy atom. The predicted octanol–water partition coefficient (Wildman–Crippen LogP) is 3.29. The summed E-state index contributed by atoms with van der Waals surface area (Å²) in [5, 5.41) is 4.51. The van der Waals surface area contributed by atoms with Gasteiger partial charge in [0.15, 0.2) is 17.5 Å². The summed E-state index contributed by atoms with van der Waals surface area (Å²) in [6.45, 7) is 7.58. The maximum atomic E-state index is 5.43. The molecule has 0 bridgehead atoms. The maximum Gasteiger partial charge on any atom is 0.193 e. The molecule has 1 aromatic heterocycles. The molecule has 0 aliphatic carbocycles. The molecule has 1 heterocycles. The minimum absolute atomic E-state index is 0.715. The number of nitrogens with one attached hydrogen (secondary N) is 1. The number of rotatable bonds is 6. The third-order valence-electron chi connectivity index (χ3n) is 4.23. The molecule has 2 rings (SSSR count). The summed E-state index contributed by atoms with van der Waals surface area (Å²) in [4.78, 5) is 12.2. The number of hydrogen-bond acceptors (Lipinski definition) is 5. The topological polar surface area (TPSA) is 59.0 Å². The van der Waals surface area contributed by atoms with Gasteiger partial charge in [0.2, 0.25) is 0 Å². The first-order valence-corrected chi connectivity index (χ1v) is 9.27. The summed E-state index contributed by atoms with van der Waals surface area (Å²) in [7, 11) is 7.12. The van der Waals surface area contributed by atoms with E-state index >= 15 is 0 Å². The quantitative estimate of drug-likeness (QED) is 0.619. The third-order valence-corrected chi connectivity index (χ3v) is 5.30. The Labute approximate surface area is 159 Å². The number of guanidine groups is 1. The third kappa shape index (κ3) is 4.66. The van der Waals surface area contributed by atoms with E-state index in [9.17, 15) is 0 Å². The van der Waals surface area contributed by atoms with Gasteiger partial charge < -0.3 is 19.7 Å². The van der Waals surface area contributed by atoms with Crippen LogP contribution < -0.4 is 14.8 Å². The molecule has 0 amide bonds. The van der Waals surface area contributed by atoms with E-state index < -0.39 is 0 Å². The highest BCUT2D eigenvalue weighted by atomic mass is 32.1. The van der Waals surface area contributed by atoms with Crippen LogP contribution in [0.5, 0.6) is 11.5 Å². The fourth-order valence-corrected chi connectivity index (χ4v) is 3.68. The molecule has 0 unspecified atom stereocenters. The standard InChI is InChI=1S/C19H28N4O2S/c1-12-8-16(24-6)17(25-7)9-15(12)11-23(5)19(20-4)21-10-18-13(2)22-14(3)26-18/h8-9H,10-11H2,1-7H3,(H,20,21). The number of aryl methyl sites for hydroxylation is 3. The highest BCUT2D eigenvalue weighted by molar-refractivity contribution is 7.11. The van der Waals surface area contributed by atoms with Crippen molar-refractivity contribution in [1.82, 2.24) is 15.2 Å². The van der Waals surface area contributed by atoms with Gasteiger partial charge in [-0.2, -0.15) is 0 Å². The van der Waals surface area contributed by atoms with Crippen molar-refractivity contribution < 1.29 is 9.47 Å². The molecule has 0 spiro atoms. The second-order valence-electron chi connectivity index (χ2n) is 6.13. The van der Waals surface area contributed by atoms with Crippen LogP contribution in [0.1, 0.15) is 26.7 Å². The summed E-state index contributed by atoms with van der Waals surface area (Å²) in [6.07, 6.45) is 0. The molecular weight excluding hydrogens is 348 g/mol. The van der Waals surface area contributed by atoms with Gasteiger partial charge in [-0.25, -0.2) is 4.98 Å². The van der Waals surface area contributed by atoms with E-state index in [1.54, 1.807) is 32.6 Å². The van der Waals surface area contributed by atoms with Crippen molar-refractivity contribution >= 4 is 17.3 Å². The molecule has 0 atom stereocenters. The van der Waals surface area contributed by atoms with Gasteiger partial charge in [-0.15, -0.1) is 11.3 Å². The molecule has 0 aliphatic heterocycles. The van der Waals surface area contributed by atoms with E-state index in [0.717, 1.165) is 45.8 Å². The van der Waals surface area contributed by atoms with Gasteiger partial charge in [0.25, 0.3) is 0 Å². The maximum absolute atomic E-state index is 5.43. The molecule has 0 saturated carbocycles. The zero-order chi connectivity index (χ0) is 19.3. The fraction of sp³-hybridized carbons (Fsp3) is 0.474. The molecule has 0 radical (unpaired) electrons. The second kappa shape index (κ2) is 8.89. The monoisotopic (exact) mass is 376 g/mol. The van der Waals surface area contributed by atoms with E-state index in [-0.39, 0.29) is 0 Å². The number of thiazole rings is 1. The van der Waals surface area contributed by atoms with Crippen LogP contribution in [-0.4, -0.2) is 44.2 Å². The summed E-state index contributed by atoms with van der Waals surface area (Å²) in [6, 6.07) is 4.02. The van der Waals surface area contributed by atoms with Crippen molar-refractivity contribution in [3.8, 4) is 11.5 Å². The Morgan fingerprint density at radius 3 is 2.38 bits per heavy atom. The van der Waals surface area contributed by atoms with Gasteiger partial charge >= 0.3 is 0 Å². The van der Waals surface area contributed by atoms with E-state index in [4.69, 9.17) is 9.47 Å². The van der Waals surface area contributed by atoms with Crippen molar-refractivity contribution in [2.75, 3.05) is 28.3 Å². The molecule has 26 heavy (non-hydrogen) atoms. The van der Waals surface area contributed by atoms with E-state index in [0.29, 0.717) is 6.54 Å². The van der Waals surface area contributed by atoms with Gasteiger partial charge in [-0.1, -0.05) is 0 Å². The van der Waals surface area contributed by atoms with Crippen LogP contribution in [-0.2, 0) is 13.1 Å².